The van der Waals surface area contributed by atoms with Crippen molar-refractivity contribution < 1.29 is 5.11 Å². The molecule has 160 valence electrons. The molecule has 0 spiro atoms. The fourth-order valence-electron chi connectivity index (χ4n) is 7.21. The van der Waals surface area contributed by atoms with E-state index in [-0.39, 0.29) is 10.8 Å². The number of terminal acetylenes is 1. The van der Waals surface area contributed by atoms with Crippen LogP contribution in [0, 0.1) is 35.0 Å². The van der Waals surface area contributed by atoms with E-state index in [2.05, 4.69) is 68.3 Å². The van der Waals surface area contributed by atoms with E-state index in [0.29, 0.717) is 11.7 Å². The summed E-state index contributed by atoms with van der Waals surface area (Å²) in [5.41, 5.74) is 5.46. The monoisotopic (exact) mass is 410 g/mol. The molecule has 2 aromatic carbocycles. The molecule has 0 aromatic heterocycles. The lowest BCUT2D eigenvalue weighted by Crippen LogP contribution is -2.45. The SMILES string of the molecule is C#C[C@]1(C)CC[C@H]2[C@@H]3CCc4cc(O)c(C/C=C/c5ccccc5)cc4[C@H]3CC[C@@]21C. The summed E-state index contributed by atoms with van der Waals surface area (Å²) in [5.74, 6) is 5.75. The van der Waals surface area contributed by atoms with Crippen LogP contribution in [0.1, 0.15) is 74.1 Å². The summed E-state index contributed by atoms with van der Waals surface area (Å²) >= 11 is 0. The average molecular weight is 411 g/mol. The van der Waals surface area contributed by atoms with Crippen LogP contribution in [-0.2, 0) is 12.8 Å². The van der Waals surface area contributed by atoms with Crippen molar-refractivity contribution in [2.75, 3.05) is 0 Å². The molecule has 5 rings (SSSR count). The Bertz CT molecular complexity index is 1040. The summed E-state index contributed by atoms with van der Waals surface area (Å²) in [5, 5.41) is 10.7. The van der Waals surface area contributed by atoms with Crippen LogP contribution in [0.2, 0.25) is 0 Å². The zero-order chi connectivity index (χ0) is 21.6. The number of allylic oxidation sites excluding steroid dienone is 1. The molecule has 3 aliphatic rings. The molecule has 2 fully saturated rings. The number of hydrogen-bond donors (Lipinski definition) is 1. The first-order chi connectivity index (χ1) is 14.9. The molecule has 1 N–H and O–H groups in total. The van der Waals surface area contributed by atoms with Crippen LogP contribution < -0.4 is 0 Å². The zero-order valence-corrected chi connectivity index (χ0v) is 18.9. The van der Waals surface area contributed by atoms with Crippen LogP contribution in [0.5, 0.6) is 5.75 Å². The second-order valence-corrected chi connectivity index (χ2v) is 10.6. The van der Waals surface area contributed by atoms with Crippen molar-refractivity contribution in [2.45, 2.75) is 64.7 Å². The molecule has 2 aromatic rings. The van der Waals surface area contributed by atoms with Gasteiger partial charge in [-0.05, 0) is 103 Å². The third-order valence-corrected chi connectivity index (χ3v) is 9.30. The third-order valence-electron chi connectivity index (χ3n) is 9.30. The Labute approximate surface area is 187 Å². The summed E-state index contributed by atoms with van der Waals surface area (Å²) in [6, 6.07) is 14.8. The van der Waals surface area contributed by atoms with E-state index in [1.807, 2.05) is 6.07 Å². The highest BCUT2D eigenvalue weighted by molar-refractivity contribution is 5.51. The second kappa shape index (κ2) is 7.59. The van der Waals surface area contributed by atoms with Crippen LogP contribution in [0.3, 0.4) is 0 Å². The molecule has 1 heteroatoms. The summed E-state index contributed by atoms with van der Waals surface area (Å²) in [7, 11) is 0. The summed E-state index contributed by atoms with van der Waals surface area (Å²) in [6.45, 7) is 4.81. The molecule has 0 radical (unpaired) electrons. The fraction of sp³-hybridized carbons (Fsp3) is 0.467. The van der Waals surface area contributed by atoms with Gasteiger partial charge in [0.1, 0.15) is 5.75 Å². The van der Waals surface area contributed by atoms with Crippen molar-refractivity contribution >= 4 is 6.08 Å². The number of phenols is 1. The third kappa shape index (κ3) is 3.23. The number of hydrogen-bond acceptors (Lipinski definition) is 1. The van der Waals surface area contributed by atoms with Crippen molar-refractivity contribution in [1.29, 1.82) is 0 Å². The Kier molecular flexibility index (Phi) is 5.01. The van der Waals surface area contributed by atoms with Gasteiger partial charge in [0, 0.05) is 5.41 Å². The normalized spacial score (nSPS) is 34.0. The molecule has 0 aliphatic heterocycles. The minimum absolute atomic E-state index is 0.0469. The van der Waals surface area contributed by atoms with Crippen LogP contribution in [0.4, 0.5) is 0 Å². The van der Waals surface area contributed by atoms with Crippen molar-refractivity contribution in [1.82, 2.24) is 0 Å². The van der Waals surface area contributed by atoms with E-state index in [4.69, 9.17) is 6.42 Å². The van der Waals surface area contributed by atoms with Gasteiger partial charge in [-0.25, -0.2) is 0 Å². The molecule has 0 bridgehead atoms. The second-order valence-electron chi connectivity index (χ2n) is 10.6. The Balaban J connectivity index is 1.41. The van der Waals surface area contributed by atoms with E-state index < -0.39 is 0 Å². The van der Waals surface area contributed by atoms with Gasteiger partial charge >= 0.3 is 0 Å². The topological polar surface area (TPSA) is 20.2 Å². The Morgan fingerprint density at radius 1 is 1.10 bits per heavy atom. The molecule has 0 amide bonds. The summed E-state index contributed by atoms with van der Waals surface area (Å²) in [6.07, 6.45) is 18.4. The maximum absolute atomic E-state index is 10.7. The van der Waals surface area contributed by atoms with Gasteiger partial charge in [-0.1, -0.05) is 61.4 Å². The maximum Gasteiger partial charge on any atom is 0.119 e. The number of aromatic hydroxyl groups is 1. The van der Waals surface area contributed by atoms with E-state index in [0.717, 1.165) is 30.2 Å². The van der Waals surface area contributed by atoms with Crippen molar-refractivity contribution in [3.8, 4) is 18.1 Å². The Morgan fingerprint density at radius 2 is 1.90 bits per heavy atom. The predicted molar refractivity (Wildman–Crippen MR) is 129 cm³/mol. The van der Waals surface area contributed by atoms with Gasteiger partial charge < -0.3 is 5.11 Å². The molecule has 5 atom stereocenters. The highest BCUT2D eigenvalue weighted by Crippen LogP contribution is 2.67. The molecule has 0 unspecified atom stereocenters. The first kappa shape index (κ1) is 20.4. The number of rotatable bonds is 3. The van der Waals surface area contributed by atoms with Gasteiger partial charge in [0.2, 0.25) is 0 Å². The lowest BCUT2D eigenvalue weighted by atomic mass is 9.51. The first-order valence-corrected chi connectivity index (χ1v) is 12.0. The first-order valence-electron chi connectivity index (χ1n) is 12.0. The minimum Gasteiger partial charge on any atom is -0.508 e. The summed E-state index contributed by atoms with van der Waals surface area (Å²) < 4.78 is 0. The van der Waals surface area contributed by atoms with Gasteiger partial charge in [0.15, 0.2) is 0 Å². The Hall–Kier alpha value is -2.46. The highest BCUT2D eigenvalue weighted by atomic mass is 16.3. The molecule has 0 heterocycles. The van der Waals surface area contributed by atoms with Gasteiger partial charge in [0.25, 0.3) is 0 Å². The van der Waals surface area contributed by atoms with E-state index in [1.165, 1.54) is 48.8 Å². The number of benzene rings is 2. The predicted octanol–water partition coefficient (Wildman–Crippen LogP) is 7.14. The van der Waals surface area contributed by atoms with Gasteiger partial charge in [-0.3, -0.25) is 0 Å². The molecular weight excluding hydrogens is 376 g/mol. The molecular formula is C30H34O. The molecule has 0 saturated heterocycles. The van der Waals surface area contributed by atoms with Crippen molar-refractivity contribution in [2.24, 2.45) is 22.7 Å². The lowest BCUT2D eigenvalue weighted by Gasteiger charge is -2.53. The van der Waals surface area contributed by atoms with Crippen molar-refractivity contribution in [3.05, 3.63) is 70.8 Å². The number of phenolic OH excluding ortho intramolecular Hbond substituents is 1. The maximum atomic E-state index is 10.7. The number of fused-ring (bicyclic) bond motifs is 5. The highest BCUT2D eigenvalue weighted by Gasteiger charge is 2.59. The largest absolute Gasteiger partial charge is 0.508 e. The van der Waals surface area contributed by atoms with Gasteiger partial charge in [-0.15, -0.1) is 6.42 Å². The zero-order valence-electron chi connectivity index (χ0n) is 18.9. The van der Waals surface area contributed by atoms with Gasteiger partial charge in [-0.2, -0.15) is 0 Å². The average Bonchev–Trinajstić information content (AvgIpc) is 3.06. The quantitative estimate of drug-likeness (QED) is 0.533. The summed E-state index contributed by atoms with van der Waals surface area (Å²) in [4.78, 5) is 0. The molecule has 2 saturated carbocycles. The van der Waals surface area contributed by atoms with Crippen LogP contribution in [0.25, 0.3) is 6.08 Å². The van der Waals surface area contributed by atoms with Crippen LogP contribution >= 0.6 is 0 Å². The smallest absolute Gasteiger partial charge is 0.119 e. The van der Waals surface area contributed by atoms with Crippen molar-refractivity contribution in [3.63, 3.8) is 0 Å². The fourth-order valence-corrected chi connectivity index (χ4v) is 7.21. The standard InChI is InChI=1S/C30H34O/c1-4-29(2)17-16-27-25-14-13-22-20-28(31)23(12-8-11-21-9-6-5-7-10-21)19-26(22)24(25)15-18-30(27,29)3/h1,5-11,19-20,24-25,27,31H,12-18H2,2-3H3/b11-8+/t24-,25+,27-,29+,30-/m0/s1. The van der Waals surface area contributed by atoms with E-state index in [1.54, 1.807) is 0 Å². The van der Waals surface area contributed by atoms with Gasteiger partial charge in [0.05, 0.1) is 0 Å². The molecule has 31 heavy (non-hydrogen) atoms. The van der Waals surface area contributed by atoms with E-state index in [9.17, 15) is 5.11 Å². The molecule has 3 aliphatic carbocycles. The van der Waals surface area contributed by atoms with Crippen LogP contribution in [-0.4, -0.2) is 5.11 Å². The van der Waals surface area contributed by atoms with Crippen LogP contribution in [0.15, 0.2) is 48.5 Å². The molecule has 1 nitrogen and oxygen atoms in total. The minimum atomic E-state index is 0.0469. The number of aryl methyl sites for hydroxylation is 1. The Morgan fingerprint density at radius 3 is 2.68 bits per heavy atom. The lowest BCUT2D eigenvalue weighted by molar-refractivity contribution is 0.00888. The van der Waals surface area contributed by atoms with E-state index >= 15 is 0 Å².